The van der Waals surface area contributed by atoms with Crippen LogP contribution < -0.4 is 15.5 Å². The molecule has 1 saturated heterocycles. The van der Waals surface area contributed by atoms with Gasteiger partial charge in [0.25, 0.3) is 11.8 Å². The van der Waals surface area contributed by atoms with Crippen LogP contribution in [-0.4, -0.2) is 37.5 Å². The number of hydrogen-bond donors (Lipinski definition) is 3. The molecule has 0 unspecified atom stereocenters. The number of anilines is 1. The molecular formula is C17H24N3O2+. The van der Waals surface area contributed by atoms with Crippen LogP contribution in [-0.2, 0) is 4.79 Å². The number of quaternary nitrogens is 1. The predicted octanol–water partition coefficient (Wildman–Crippen LogP) is 0.586. The zero-order chi connectivity index (χ0) is 15.4. The number of hydrogen-bond acceptors (Lipinski definition) is 2. The molecule has 5 heteroatoms. The van der Waals surface area contributed by atoms with E-state index in [1.165, 1.54) is 24.2 Å². The topological polar surface area (TPSA) is 62.6 Å². The Kier molecular flexibility index (Phi) is 4.73. The van der Waals surface area contributed by atoms with E-state index in [1.54, 1.807) is 12.1 Å². The van der Waals surface area contributed by atoms with Gasteiger partial charge < -0.3 is 15.5 Å². The molecule has 0 bridgehead atoms. The van der Waals surface area contributed by atoms with Crippen LogP contribution in [0.2, 0.25) is 0 Å². The molecule has 2 amide bonds. The second-order valence-electron chi connectivity index (χ2n) is 6.33. The van der Waals surface area contributed by atoms with Crippen molar-refractivity contribution in [2.24, 2.45) is 0 Å². The van der Waals surface area contributed by atoms with E-state index in [9.17, 15) is 9.59 Å². The van der Waals surface area contributed by atoms with Gasteiger partial charge in [-0.2, -0.15) is 0 Å². The molecule has 3 rings (SSSR count). The fraction of sp³-hybridized carbons (Fsp3) is 0.529. The van der Waals surface area contributed by atoms with Gasteiger partial charge in [-0.25, -0.2) is 0 Å². The van der Waals surface area contributed by atoms with Crippen molar-refractivity contribution in [3.05, 3.63) is 29.8 Å². The minimum Gasteiger partial charge on any atom is -0.349 e. The number of para-hydroxylation sites is 1. The first-order valence-corrected chi connectivity index (χ1v) is 8.25. The Labute approximate surface area is 131 Å². The van der Waals surface area contributed by atoms with Crippen molar-refractivity contribution in [2.45, 2.75) is 38.1 Å². The highest BCUT2D eigenvalue weighted by Gasteiger charge is 2.25. The van der Waals surface area contributed by atoms with Gasteiger partial charge in [-0.05, 0) is 44.2 Å². The number of piperidine rings is 1. The number of nitrogens with one attached hydrogen (secondary N) is 3. The van der Waals surface area contributed by atoms with Crippen molar-refractivity contribution in [1.82, 2.24) is 5.32 Å². The molecule has 22 heavy (non-hydrogen) atoms. The summed E-state index contributed by atoms with van der Waals surface area (Å²) in [5.41, 5.74) is 1.17. The molecular weight excluding hydrogens is 278 g/mol. The minimum absolute atomic E-state index is 0.0106. The summed E-state index contributed by atoms with van der Waals surface area (Å²) < 4.78 is 0. The van der Waals surface area contributed by atoms with Crippen LogP contribution in [0.5, 0.6) is 0 Å². The largest absolute Gasteiger partial charge is 0.349 e. The van der Waals surface area contributed by atoms with E-state index >= 15 is 0 Å². The third kappa shape index (κ3) is 4.07. The summed E-state index contributed by atoms with van der Waals surface area (Å²) >= 11 is 0. The van der Waals surface area contributed by atoms with Crippen LogP contribution >= 0.6 is 0 Å². The smallest absolute Gasteiger partial charge is 0.279 e. The first-order chi connectivity index (χ1) is 10.7. The highest BCUT2D eigenvalue weighted by atomic mass is 16.2. The number of carbonyl (C=O) groups excluding carboxylic acids is 2. The second kappa shape index (κ2) is 6.92. The van der Waals surface area contributed by atoms with E-state index in [1.807, 2.05) is 12.1 Å². The van der Waals surface area contributed by atoms with Gasteiger partial charge in [0, 0.05) is 6.04 Å². The van der Waals surface area contributed by atoms with Crippen molar-refractivity contribution >= 4 is 17.5 Å². The van der Waals surface area contributed by atoms with Crippen LogP contribution in [0.4, 0.5) is 5.69 Å². The predicted molar refractivity (Wildman–Crippen MR) is 85.0 cm³/mol. The second-order valence-corrected chi connectivity index (χ2v) is 6.33. The molecule has 1 saturated carbocycles. The summed E-state index contributed by atoms with van der Waals surface area (Å²) in [5, 5.41) is 5.88. The Bertz CT molecular complexity index is 549. The fourth-order valence-electron chi connectivity index (χ4n) is 2.93. The lowest BCUT2D eigenvalue weighted by Gasteiger charge is -2.23. The van der Waals surface area contributed by atoms with Crippen molar-refractivity contribution in [3.8, 4) is 0 Å². The van der Waals surface area contributed by atoms with Crippen LogP contribution in [0.15, 0.2) is 24.3 Å². The summed E-state index contributed by atoms with van der Waals surface area (Å²) in [6, 6.07) is 7.55. The molecule has 1 aliphatic carbocycles. The standard InChI is InChI=1S/C17H23N3O2/c21-16(12-20-10-4-1-5-11-20)19-15-7-3-2-6-14(15)17(22)18-13-8-9-13/h2-3,6-7,13H,1,4-5,8-12H2,(H,18,22)(H,19,21)/p+1. The fourth-order valence-corrected chi connectivity index (χ4v) is 2.93. The van der Waals surface area contributed by atoms with Crippen molar-refractivity contribution in [2.75, 3.05) is 25.0 Å². The van der Waals surface area contributed by atoms with E-state index in [2.05, 4.69) is 10.6 Å². The molecule has 0 spiro atoms. The highest BCUT2D eigenvalue weighted by Crippen LogP contribution is 2.21. The Morgan fingerprint density at radius 1 is 1.09 bits per heavy atom. The maximum Gasteiger partial charge on any atom is 0.279 e. The Hall–Kier alpha value is -1.88. The average Bonchev–Trinajstić information content (AvgIpc) is 3.32. The first-order valence-electron chi connectivity index (χ1n) is 8.25. The summed E-state index contributed by atoms with van der Waals surface area (Å²) in [4.78, 5) is 25.8. The van der Waals surface area contributed by atoms with Gasteiger partial charge in [0.15, 0.2) is 6.54 Å². The van der Waals surface area contributed by atoms with Gasteiger partial charge in [0.1, 0.15) is 0 Å². The Morgan fingerprint density at radius 2 is 1.82 bits per heavy atom. The molecule has 1 heterocycles. The number of carbonyl (C=O) groups is 2. The van der Waals surface area contributed by atoms with Gasteiger partial charge in [0.2, 0.25) is 0 Å². The number of likely N-dealkylation sites (tertiary alicyclic amines) is 1. The van der Waals surface area contributed by atoms with E-state index in [0.717, 1.165) is 25.9 Å². The molecule has 1 aromatic carbocycles. The van der Waals surface area contributed by atoms with E-state index < -0.39 is 0 Å². The molecule has 5 nitrogen and oxygen atoms in total. The van der Waals surface area contributed by atoms with Gasteiger partial charge in [-0.3, -0.25) is 9.59 Å². The lowest BCUT2D eigenvalue weighted by Crippen LogP contribution is -3.13. The summed E-state index contributed by atoms with van der Waals surface area (Å²) in [5.74, 6) is -0.104. The molecule has 2 fully saturated rings. The van der Waals surface area contributed by atoms with E-state index in [-0.39, 0.29) is 11.8 Å². The van der Waals surface area contributed by atoms with E-state index in [0.29, 0.717) is 23.8 Å². The SMILES string of the molecule is O=C(C[NH+]1CCCCC1)Nc1ccccc1C(=O)NC1CC1. The van der Waals surface area contributed by atoms with E-state index in [4.69, 9.17) is 0 Å². The first kappa shape index (κ1) is 15.0. The Morgan fingerprint density at radius 3 is 2.55 bits per heavy atom. The van der Waals surface area contributed by atoms with Crippen LogP contribution in [0, 0.1) is 0 Å². The third-order valence-electron chi connectivity index (χ3n) is 4.33. The molecule has 2 aliphatic rings. The Balaban J connectivity index is 1.60. The monoisotopic (exact) mass is 302 g/mol. The molecule has 0 aromatic heterocycles. The molecule has 0 atom stereocenters. The van der Waals surface area contributed by atoms with Crippen LogP contribution in [0.25, 0.3) is 0 Å². The maximum atomic E-state index is 12.2. The molecule has 1 aromatic rings. The maximum absolute atomic E-state index is 12.2. The van der Waals surface area contributed by atoms with Gasteiger partial charge >= 0.3 is 0 Å². The van der Waals surface area contributed by atoms with Gasteiger partial charge in [0.05, 0.1) is 24.3 Å². The minimum atomic E-state index is -0.0938. The molecule has 118 valence electrons. The third-order valence-corrected chi connectivity index (χ3v) is 4.33. The zero-order valence-corrected chi connectivity index (χ0v) is 12.9. The highest BCUT2D eigenvalue weighted by molar-refractivity contribution is 6.04. The molecule has 3 N–H and O–H groups in total. The molecule has 1 aliphatic heterocycles. The lowest BCUT2D eigenvalue weighted by molar-refractivity contribution is -0.896. The van der Waals surface area contributed by atoms with Crippen LogP contribution in [0.1, 0.15) is 42.5 Å². The average molecular weight is 302 g/mol. The van der Waals surface area contributed by atoms with Crippen molar-refractivity contribution in [1.29, 1.82) is 0 Å². The number of benzene rings is 1. The summed E-state index contributed by atoms with van der Waals surface area (Å²) in [6.45, 7) is 2.62. The summed E-state index contributed by atoms with van der Waals surface area (Å²) in [6.07, 6.45) is 5.78. The van der Waals surface area contributed by atoms with Crippen LogP contribution in [0.3, 0.4) is 0 Å². The summed E-state index contributed by atoms with van der Waals surface area (Å²) in [7, 11) is 0. The van der Waals surface area contributed by atoms with Crippen molar-refractivity contribution in [3.63, 3.8) is 0 Å². The molecule has 0 radical (unpaired) electrons. The van der Waals surface area contributed by atoms with Crippen molar-refractivity contribution < 1.29 is 14.5 Å². The van der Waals surface area contributed by atoms with Gasteiger partial charge in [-0.15, -0.1) is 0 Å². The van der Waals surface area contributed by atoms with Gasteiger partial charge in [-0.1, -0.05) is 12.1 Å². The zero-order valence-electron chi connectivity index (χ0n) is 12.9. The quantitative estimate of drug-likeness (QED) is 0.745. The lowest BCUT2D eigenvalue weighted by atomic mass is 10.1. The normalized spacial score (nSPS) is 18.7. The number of amides is 2. The number of rotatable bonds is 5.